The molecule has 20 heavy (non-hydrogen) atoms. The maximum Gasteiger partial charge on any atom is 0.257 e. The van der Waals surface area contributed by atoms with Crippen LogP contribution in [0.3, 0.4) is 0 Å². The summed E-state index contributed by atoms with van der Waals surface area (Å²) in [6.45, 7) is 0. The summed E-state index contributed by atoms with van der Waals surface area (Å²) in [4.78, 5) is 8.93. The minimum absolute atomic E-state index is 0.477. The monoisotopic (exact) mass is 320 g/mol. The number of oxazole rings is 1. The van der Waals surface area contributed by atoms with Gasteiger partial charge in [0.1, 0.15) is 5.52 Å². The van der Waals surface area contributed by atoms with E-state index >= 15 is 0 Å². The van der Waals surface area contributed by atoms with Crippen molar-refractivity contribution < 1.29 is 4.42 Å². The Labute approximate surface area is 127 Å². The summed E-state index contributed by atoms with van der Waals surface area (Å²) in [7, 11) is 0. The number of thiazole rings is 1. The maximum atomic E-state index is 6.10. The minimum atomic E-state index is 0.477. The zero-order chi connectivity index (χ0) is 13.7. The molecule has 2 aromatic heterocycles. The fourth-order valence-corrected chi connectivity index (χ4v) is 3.37. The number of rotatable bonds is 1. The molecule has 0 atom stereocenters. The van der Waals surface area contributed by atoms with E-state index in [0.717, 1.165) is 15.2 Å². The van der Waals surface area contributed by atoms with E-state index in [1.165, 1.54) is 11.3 Å². The number of benzene rings is 2. The predicted octanol–water partition coefficient (Wildman–Crippen LogP) is 5.41. The molecule has 0 aliphatic heterocycles. The van der Waals surface area contributed by atoms with Gasteiger partial charge in [-0.1, -0.05) is 29.3 Å². The first-order chi connectivity index (χ1) is 9.70. The lowest BCUT2D eigenvalue weighted by atomic mass is 10.3. The van der Waals surface area contributed by atoms with E-state index in [9.17, 15) is 0 Å². The molecule has 0 aliphatic rings. The Bertz CT molecular complexity index is 945. The number of aromatic nitrogens is 2. The van der Waals surface area contributed by atoms with Gasteiger partial charge >= 0.3 is 0 Å². The fraction of sp³-hybridized carbons (Fsp3) is 0. The number of nitrogens with zero attached hydrogens (tertiary/aromatic N) is 2. The molecule has 4 rings (SSSR count). The topological polar surface area (TPSA) is 38.9 Å². The average Bonchev–Trinajstić information content (AvgIpc) is 3.01. The molecular formula is C14H6Cl2N2OS. The highest BCUT2D eigenvalue weighted by Gasteiger charge is 2.14. The highest BCUT2D eigenvalue weighted by atomic mass is 35.5. The Morgan fingerprint density at radius 3 is 2.80 bits per heavy atom. The van der Waals surface area contributed by atoms with Crippen LogP contribution in [0.4, 0.5) is 0 Å². The summed E-state index contributed by atoms with van der Waals surface area (Å²) in [5.41, 5.74) is 2.19. The first-order valence-electron chi connectivity index (χ1n) is 5.82. The first kappa shape index (κ1) is 12.1. The molecule has 0 saturated heterocycles. The lowest BCUT2D eigenvalue weighted by Gasteiger charge is -1.86. The summed E-state index contributed by atoms with van der Waals surface area (Å²) in [6.07, 6.45) is 0. The van der Waals surface area contributed by atoms with Gasteiger partial charge in [-0.2, -0.15) is 0 Å². The highest BCUT2D eigenvalue weighted by Crippen LogP contribution is 2.34. The van der Waals surface area contributed by atoms with Gasteiger partial charge in [0.2, 0.25) is 0 Å². The zero-order valence-corrected chi connectivity index (χ0v) is 12.3. The van der Waals surface area contributed by atoms with E-state index < -0.39 is 0 Å². The molecule has 0 unspecified atom stereocenters. The van der Waals surface area contributed by atoms with Crippen LogP contribution in [0.5, 0.6) is 0 Å². The van der Waals surface area contributed by atoms with Crippen molar-refractivity contribution in [3.05, 3.63) is 46.4 Å². The van der Waals surface area contributed by atoms with Crippen LogP contribution in [0.2, 0.25) is 10.0 Å². The fourth-order valence-electron chi connectivity index (χ4n) is 2.00. The molecule has 2 heterocycles. The third kappa shape index (κ3) is 1.88. The normalized spacial score (nSPS) is 11.5. The van der Waals surface area contributed by atoms with E-state index in [1.54, 1.807) is 6.07 Å². The zero-order valence-electron chi connectivity index (χ0n) is 9.93. The van der Waals surface area contributed by atoms with Gasteiger partial charge in [0.05, 0.1) is 15.2 Å². The lowest BCUT2D eigenvalue weighted by Crippen LogP contribution is -1.74. The van der Waals surface area contributed by atoms with Gasteiger partial charge in [0.25, 0.3) is 5.89 Å². The van der Waals surface area contributed by atoms with Gasteiger partial charge in [-0.05, 0) is 30.3 Å². The van der Waals surface area contributed by atoms with Crippen molar-refractivity contribution in [2.24, 2.45) is 0 Å². The van der Waals surface area contributed by atoms with Crippen LogP contribution in [0.25, 0.3) is 32.2 Å². The number of halogens is 2. The second-order valence-corrected chi connectivity index (χ2v) is 6.11. The van der Waals surface area contributed by atoms with E-state index in [4.69, 9.17) is 27.6 Å². The van der Waals surface area contributed by atoms with Crippen LogP contribution < -0.4 is 0 Å². The number of fused-ring (bicyclic) bond motifs is 2. The first-order valence-corrected chi connectivity index (χ1v) is 7.39. The van der Waals surface area contributed by atoms with Crippen LogP contribution in [-0.4, -0.2) is 9.97 Å². The minimum Gasteiger partial charge on any atom is -0.434 e. The maximum absolute atomic E-state index is 6.10. The van der Waals surface area contributed by atoms with E-state index in [1.807, 2.05) is 30.3 Å². The van der Waals surface area contributed by atoms with Crippen molar-refractivity contribution in [2.45, 2.75) is 0 Å². The molecule has 0 N–H and O–H groups in total. The van der Waals surface area contributed by atoms with Crippen molar-refractivity contribution in [1.82, 2.24) is 9.97 Å². The molecular weight excluding hydrogens is 315 g/mol. The molecule has 0 bridgehead atoms. The lowest BCUT2D eigenvalue weighted by molar-refractivity contribution is 0.619. The van der Waals surface area contributed by atoms with Crippen molar-refractivity contribution in [2.75, 3.05) is 0 Å². The van der Waals surface area contributed by atoms with Crippen molar-refractivity contribution in [3.8, 4) is 10.9 Å². The summed E-state index contributed by atoms with van der Waals surface area (Å²) >= 11 is 13.6. The largest absolute Gasteiger partial charge is 0.434 e. The second kappa shape index (κ2) is 4.45. The molecule has 4 aromatic rings. The van der Waals surface area contributed by atoms with Crippen LogP contribution in [0.1, 0.15) is 0 Å². The van der Waals surface area contributed by atoms with Crippen molar-refractivity contribution >= 4 is 55.9 Å². The molecule has 6 heteroatoms. The number of para-hydroxylation sites is 1. The second-order valence-electron chi connectivity index (χ2n) is 4.24. The van der Waals surface area contributed by atoms with Gasteiger partial charge in [-0.3, -0.25) is 0 Å². The van der Waals surface area contributed by atoms with Crippen LogP contribution in [0.15, 0.2) is 40.8 Å². The van der Waals surface area contributed by atoms with Gasteiger partial charge in [0, 0.05) is 5.02 Å². The standard InChI is InChI=1S/C14H6Cl2N2OS/c15-7-4-5-9-11(6-7)20-14(17-9)13-18-12-8(16)2-1-3-10(12)19-13/h1-6H. The summed E-state index contributed by atoms with van der Waals surface area (Å²) in [5.74, 6) is 0.477. The average molecular weight is 321 g/mol. The Morgan fingerprint density at radius 1 is 1.05 bits per heavy atom. The van der Waals surface area contributed by atoms with Crippen LogP contribution in [-0.2, 0) is 0 Å². The van der Waals surface area contributed by atoms with Crippen LogP contribution in [0, 0.1) is 0 Å². The number of hydrogen-bond acceptors (Lipinski definition) is 4. The van der Waals surface area contributed by atoms with Gasteiger partial charge in [0.15, 0.2) is 10.6 Å². The van der Waals surface area contributed by atoms with Crippen molar-refractivity contribution in [3.63, 3.8) is 0 Å². The molecule has 0 aliphatic carbocycles. The SMILES string of the molecule is Clc1ccc2nc(-c3nc4c(Cl)cccc4o3)sc2c1. The summed E-state index contributed by atoms with van der Waals surface area (Å²) in [6, 6.07) is 11.0. The Balaban J connectivity index is 1.94. The highest BCUT2D eigenvalue weighted by molar-refractivity contribution is 7.21. The summed E-state index contributed by atoms with van der Waals surface area (Å²) in [5, 5.41) is 1.98. The third-order valence-corrected chi connectivity index (χ3v) is 4.45. The molecule has 2 aromatic carbocycles. The Kier molecular flexibility index (Phi) is 2.70. The quantitative estimate of drug-likeness (QED) is 0.470. The smallest absolute Gasteiger partial charge is 0.257 e. The van der Waals surface area contributed by atoms with Crippen molar-refractivity contribution in [1.29, 1.82) is 0 Å². The van der Waals surface area contributed by atoms with Gasteiger partial charge < -0.3 is 4.42 Å². The van der Waals surface area contributed by atoms with E-state index in [2.05, 4.69) is 9.97 Å². The molecule has 0 saturated carbocycles. The van der Waals surface area contributed by atoms with E-state index in [-0.39, 0.29) is 0 Å². The Morgan fingerprint density at radius 2 is 1.95 bits per heavy atom. The predicted molar refractivity (Wildman–Crippen MR) is 82.6 cm³/mol. The third-order valence-electron chi connectivity index (χ3n) is 2.90. The van der Waals surface area contributed by atoms with Crippen LogP contribution >= 0.6 is 34.5 Å². The molecule has 0 spiro atoms. The molecule has 98 valence electrons. The molecule has 3 nitrogen and oxygen atoms in total. The molecule has 0 radical (unpaired) electrons. The van der Waals surface area contributed by atoms with E-state index in [0.29, 0.717) is 27.0 Å². The van der Waals surface area contributed by atoms with Gasteiger partial charge in [-0.15, -0.1) is 11.3 Å². The molecule has 0 fully saturated rings. The molecule has 0 amide bonds. The number of hydrogen-bond donors (Lipinski definition) is 0. The summed E-state index contributed by atoms with van der Waals surface area (Å²) < 4.78 is 6.71. The Hall–Kier alpha value is -1.62. The van der Waals surface area contributed by atoms with Gasteiger partial charge in [-0.25, -0.2) is 9.97 Å².